The summed E-state index contributed by atoms with van der Waals surface area (Å²) in [6.07, 6.45) is 7.87. The van der Waals surface area contributed by atoms with Gasteiger partial charge in [0.15, 0.2) is 5.65 Å². The maximum absolute atomic E-state index is 4.68. The summed E-state index contributed by atoms with van der Waals surface area (Å²) in [6, 6.07) is 20.7. The largest absolute Gasteiger partial charge is 0.269 e. The lowest BCUT2D eigenvalue weighted by molar-refractivity contribution is 1.20. The van der Waals surface area contributed by atoms with Crippen molar-refractivity contribution in [1.29, 1.82) is 0 Å². The Labute approximate surface area is 151 Å². The lowest BCUT2D eigenvalue weighted by Crippen LogP contribution is -1.90. The van der Waals surface area contributed by atoms with Gasteiger partial charge in [0.25, 0.3) is 0 Å². The highest BCUT2D eigenvalue weighted by Gasteiger charge is 2.06. The van der Waals surface area contributed by atoms with E-state index in [9.17, 15) is 0 Å². The summed E-state index contributed by atoms with van der Waals surface area (Å²) >= 11 is 1.64. The zero-order valence-electron chi connectivity index (χ0n) is 13.8. The smallest absolute Gasteiger partial charge is 0.169 e. The maximum atomic E-state index is 4.68. The van der Waals surface area contributed by atoms with Crippen LogP contribution in [-0.4, -0.2) is 13.9 Å². The van der Waals surface area contributed by atoms with Gasteiger partial charge >= 0.3 is 0 Å². The molecule has 0 amide bonds. The first-order valence-electron chi connectivity index (χ1n) is 8.10. The third kappa shape index (κ3) is 3.64. The number of fused-ring (bicyclic) bond motifs is 1. The minimum Gasteiger partial charge on any atom is -0.269 e. The van der Waals surface area contributed by atoms with Crippen LogP contribution < -0.4 is 0 Å². The Hall–Kier alpha value is -2.85. The Morgan fingerprint density at radius 3 is 2.52 bits per heavy atom. The van der Waals surface area contributed by atoms with E-state index in [1.165, 1.54) is 10.5 Å². The van der Waals surface area contributed by atoms with Crippen LogP contribution in [0.4, 0.5) is 0 Å². The third-order valence-corrected chi connectivity index (χ3v) is 4.82. The molecule has 2 heterocycles. The zero-order valence-corrected chi connectivity index (χ0v) is 14.6. The van der Waals surface area contributed by atoms with Crippen LogP contribution in [0.5, 0.6) is 0 Å². The molecule has 4 aromatic rings. The minimum atomic E-state index is 0.856. The third-order valence-electron chi connectivity index (χ3n) is 3.85. The highest BCUT2D eigenvalue weighted by Crippen LogP contribution is 2.25. The lowest BCUT2D eigenvalue weighted by Gasteiger charge is -2.04. The molecule has 0 bridgehead atoms. The van der Waals surface area contributed by atoms with Crippen molar-refractivity contribution in [2.75, 3.05) is 0 Å². The Morgan fingerprint density at radius 1 is 0.920 bits per heavy atom. The highest BCUT2D eigenvalue weighted by molar-refractivity contribution is 7.98. The average molecular weight is 343 g/mol. The van der Waals surface area contributed by atoms with Crippen LogP contribution in [-0.2, 0) is 0 Å². The Morgan fingerprint density at radius 2 is 1.72 bits per heavy atom. The molecule has 0 spiro atoms. The van der Waals surface area contributed by atoms with E-state index in [0.29, 0.717) is 0 Å². The van der Waals surface area contributed by atoms with Gasteiger partial charge in [-0.25, -0.2) is 9.97 Å². The number of aryl methyl sites for hydroxylation is 1. The average Bonchev–Trinajstić information content (AvgIpc) is 3.05. The molecule has 0 N–H and O–H groups in total. The second kappa shape index (κ2) is 6.95. The maximum Gasteiger partial charge on any atom is 0.169 e. The van der Waals surface area contributed by atoms with Crippen molar-refractivity contribution in [3.05, 3.63) is 89.9 Å². The predicted octanol–water partition coefficient (Wildman–Crippen LogP) is 5.47. The Kier molecular flexibility index (Phi) is 4.36. The lowest BCUT2D eigenvalue weighted by atomic mass is 10.2. The van der Waals surface area contributed by atoms with Crippen LogP contribution in [0.15, 0.2) is 78.0 Å². The van der Waals surface area contributed by atoms with E-state index in [4.69, 9.17) is 0 Å². The molecule has 0 aliphatic heterocycles. The molecular weight excluding hydrogens is 326 g/mol. The van der Waals surface area contributed by atoms with Gasteiger partial charge in [-0.15, -0.1) is 0 Å². The van der Waals surface area contributed by atoms with E-state index < -0.39 is 0 Å². The van der Waals surface area contributed by atoms with Crippen LogP contribution in [0.3, 0.4) is 0 Å². The zero-order chi connectivity index (χ0) is 17.1. The fraction of sp³-hybridized carbons (Fsp3) is 0.0476. The first-order chi connectivity index (χ1) is 12.3. The Balaban J connectivity index is 1.58. The van der Waals surface area contributed by atoms with Gasteiger partial charge in [-0.3, -0.25) is 3.97 Å². The van der Waals surface area contributed by atoms with Crippen LogP contribution >= 0.6 is 11.9 Å². The molecule has 0 unspecified atom stereocenters. The second-order valence-corrected chi connectivity index (χ2v) is 6.84. The van der Waals surface area contributed by atoms with Gasteiger partial charge < -0.3 is 0 Å². The molecule has 2 aromatic carbocycles. The fourth-order valence-corrected chi connectivity index (χ4v) is 3.35. The summed E-state index contributed by atoms with van der Waals surface area (Å²) in [6.45, 7) is 2.09. The summed E-state index contributed by atoms with van der Waals surface area (Å²) < 4.78 is 2.05. The van der Waals surface area contributed by atoms with Gasteiger partial charge in [-0.2, -0.15) is 0 Å². The van der Waals surface area contributed by atoms with Crippen molar-refractivity contribution in [2.45, 2.75) is 11.8 Å². The molecule has 122 valence electrons. The fourth-order valence-electron chi connectivity index (χ4n) is 2.51. The van der Waals surface area contributed by atoms with Crippen molar-refractivity contribution < 1.29 is 0 Å². The summed E-state index contributed by atoms with van der Waals surface area (Å²) in [5, 5.41) is 0. The van der Waals surface area contributed by atoms with E-state index in [0.717, 1.165) is 22.4 Å². The summed E-state index contributed by atoms with van der Waals surface area (Å²) in [5.41, 5.74) is 5.04. The van der Waals surface area contributed by atoms with E-state index in [2.05, 4.69) is 57.3 Å². The van der Waals surface area contributed by atoms with Crippen LogP contribution in [0.2, 0.25) is 0 Å². The molecule has 25 heavy (non-hydrogen) atoms. The number of nitrogens with zero attached hydrogens (tertiary/aromatic N) is 3. The van der Waals surface area contributed by atoms with Crippen molar-refractivity contribution in [3.8, 4) is 0 Å². The van der Waals surface area contributed by atoms with E-state index in [1.54, 1.807) is 11.9 Å². The van der Waals surface area contributed by atoms with E-state index >= 15 is 0 Å². The molecule has 2 aromatic heterocycles. The van der Waals surface area contributed by atoms with Crippen molar-refractivity contribution in [1.82, 2.24) is 13.9 Å². The first-order valence-corrected chi connectivity index (χ1v) is 8.87. The number of hydrogen-bond donors (Lipinski definition) is 0. The van der Waals surface area contributed by atoms with Crippen LogP contribution in [0.25, 0.3) is 23.3 Å². The summed E-state index contributed by atoms with van der Waals surface area (Å²) in [7, 11) is 0. The molecule has 0 fully saturated rings. The van der Waals surface area contributed by atoms with Gasteiger partial charge in [-0.05, 0) is 48.7 Å². The molecule has 0 aliphatic carbocycles. The quantitative estimate of drug-likeness (QED) is 0.492. The Bertz CT molecular complexity index is 1020. The molecule has 0 radical (unpaired) electrons. The van der Waals surface area contributed by atoms with E-state index in [-0.39, 0.29) is 0 Å². The van der Waals surface area contributed by atoms with Gasteiger partial charge in [-0.1, -0.05) is 54.1 Å². The molecule has 0 aliphatic rings. The standard InChI is InChI=1S/C21H17N3S/c1-16-7-11-19(12-8-16)25-24-14-13-20-21(24)22-15-18(23-20)10-9-17-5-3-2-4-6-17/h2-15H,1H3/b10-9+. The molecule has 3 nitrogen and oxygen atoms in total. The van der Waals surface area contributed by atoms with Crippen molar-refractivity contribution >= 4 is 35.3 Å². The van der Waals surface area contributed by atoms with Crippen molar-refractivity contribution in [3.63, 3.8) is 0 Å². The monoisotopic (exact) mass is 343 g/mol. The molecular formula is C21H17N3S. The molecule has 0 saturated carbocycles. The second-order valence-electron chi connectivity index (χ2n) is 5.79. The van der Waals surface area contributed by atoms with Crippen LogP contribution in [0, 0.1) is 6.92 Å². The molecule has 0 atom stereocenters. The normalized spacial score (nSPS) is 11.4. The number of rotatable bonds is 4. The first kappa shape index (κ1) is 15.7. The van der Waals surface area contributed by atoms with Crippen molar-refractivity contribution in [2.24, 2.45) is 0 Å². The molecule has 0 saturated heterocycles. The summed E-state index contributed by atoms with van der Waals surface area (Å²) in [5.74, 6) is 0. The highest BCUT2D eigenvalue weighted by atomic mass is 32.2. The van der Waals surface area contributed by atoms with Gasteiger partial charge in [0.1, 0.15) is 5.52 Å². The summed E-state index contributed by atoms with van der Waals surface area (Å²) in [4.78, 5) is 10.5. The molecule has 4 heteroatoms. The van der Waals surface area contributed by atoms with Gasteiger partial charge in [0.2, 0.25) is 0 Å². The topological polar surface area (TPSA) is 30.7 Å². The molecule has 4 rings (SSSR count). The van der Waals surface area contributed by atoms with Gasteiger partial charge in [0, 0.05) is 11.1 Å². The van der Waals surface area contributed by atoms with E-state index in [1.807, 2.05) is 48.8 Å². The number of benzene rings is 2. The predicted molar refractivity (Wildman–Crippen MR) is 105 cm³/mol. The number of hydrogen-bond acceptors (Lipinski definition) is 3. The minimum absolute atomic E-state index is 0.856. The number of aromatic nitrogens is 3. The van der Waals surface area contributed by atoms with Gasteiger partial charge in [0.05, 0.1) is 11.9 Å². The van der Waals surface area contributed by atoms with Crippen LogP contribution in [0.1, 0.15) is 16.8 Å². The SMILES string of the molecule is Cc1ccc(Sn2ccc3nc(/C=C/c4ccccc4)cnc32)cc1.